The van der Waals surface area contributed by atoms with Crippen molar-refractivity contribution in [3.05, 3.63) is 16.7 Å². The quantitative estimate of drug-likeness (QED) is 0.660. The molecule has 0 saturated carbocycles. The fourth-order valence-corrected chi connectivity index (χ4v) is 2.77. The molecule has 3 heterocycles. The lowest BCUT2D eigenvalue weighted by molar-refractivity contribution is -0.121. The molecule has 9 nitrogen and oxygen atoms in total. The summed E-state index contributed by atoms with van der Waals surface area (Å²) >= 11 is 0. The Morgan fingerprint density at radius 1 is 1.59 bits per heavy atom. The first kappa shape index (κ1) is 14.5. The summed E-state index contributed by atoms with van der Waals surface area (Å²) in [6.45, 7) is 1.75. The maximum atomic E-state index is 12.1. The number of amides is 1. The zero-order chi connectivity index (χ0) is 15.7. The second-order valence-corrected chi connectivity index (χ2v) is 5.58. The standard InChI is InChI=1S/C13H19N7O2/c1-19-4-2-3-8(19)5-15-9(21)6-20-7-16-10-11(20)17-13(14)18-12(10)22/h7-8H,2-6H2,1H3,(H,15,21)(H3,14,17,18,22). The number of carbonyl (C=O) groups is 1. The van der Waals surface area contributed by atoms with E-state index in [1.807, 2.05) is 0 Å². The lowest BCUT2D eigenvalue weighted by atomic mass is 10.2. The minimum atomic E-state index is -0.408. The molecule has 0 radical (unpaired) electrons. The first-order chi connectivity index (χ1) is 10.5. The van der Waals surface area contributed by atoms with Crippen molar-refractivity contribution in [1.82, 2.24) is 29.7 Å². The van der Waals surface area contributed by atoms with Crippen LogP contribution >= 0.6 is 0 Å². The highest BCUT2D eigenvalue weighted by atomic mass is 16.2. The molecule has 0 spiro atoms. The van der Waals surface area contributed by atoms with Gasteiger partial charge in [0.1, 0.15) is 6.54 Å². The van der Waals surface area contributed by atoms with Crippen LogP contribution in [-0.4, -0.2) is 56.5 Å². The van der Waals surface area contributed by atoms with Gasteiger partial charge in [-0.25, -0.2) is 4.98 Å². The highest BCUT2D eigenvalue weighted by molar-refractivity contribution is 5.78. The zero-order valence-corrected chi connectivity index (χ0v) is 12.4. The van der Waals surface area contributed by atoms with E-state index in [1.54, 1.807) is 0 Å². The Morgan fingerprint density at radius 2 is 2.41 bits per heavy atom. The predicted octanol–water partition coefficient (Wildman–Crippen LogP) is -1.09. The summed E-state index contributed by atoms with van der Waals surface area (Å²) in [4.78, 5) is 36.4. The molecular formula is C13H19N7O2. The lowest BCUT2D eigenvalue weighted by Gasteiger charge is -2.19. The van der Waals surface area contributed by atoms with Gasteiger partial charge in [-0.2, -0.15) is 4.98 Å². The molecule has 0 aromatic carbocycles. The summed E-state index contributed by atoms with van der Waals surface area (Å²) in [6.07, 6.45) is 3.68. The third-order valence-electron chi connectivity index (χ3n) is 4.01. The fourth-order valence-electron chi connectivity index (χ4n) is 2.77. The molecule has 22 heavy (non-hydrogen) atoms. The molecule has 1 atom stereocenters. The molecule has 1 aliphatic rings. The van der Waals surface area contributed by atoms with Crippen molar-refractivity contribution in [3.8, 4) is 0 Å². The van der Waals surface area contributed by atoms with Crippen LogP contribution in [0.5, 0.6) is 0 Å². The van der Waals surface area contributed by atoms with E-state index >= 15 is 0 Å². The molecule has 0 aliphatic carbocycles. The molecule has 118 valence electrons. The average molecular weight is 305 g/mol. The number of nitrogens with one attached hydrogen (secondary N) is 2. The zero-order valence-electron chi connectivity index (χ0n) is 12.4. The topological polar surface area (TPSA) is 122 Å². The van der Waals surface area contributed by atoms with Gasteiger partial charge < -0.3 is 20.5 Å². The van der Waals surface area contributed by atoms with Gasteiger partial charge in [0.25, 0.3) is 5.56 Å². The second kappa shape index (κ2) is 5.76. The number of fused-ring (bicyclic) bond motifs is 1. The van der Waals surface area contributed by atoms with Crippen LogP contribution in [0.1, 0.15) is 12.8 Å². The van der Waals surface area contributed by atoms with E-state index in [9.17, 15) is 9.59 Å². The maximum absolute atomic E-state index is 12.1. The van der Waals surface area contributed by atoms with Crippen LogP contribution in [0.4, 0.5) is 5.95 Å². The number of carbonyl (C=O) groups excluding carboxylic acids is 1. The number of hydrogen-bond acceptors (Lipinski definition) is 6. The van der Waals surface area contributed by atoms with Crippen LogP contribution < -0.4 is 16.6 Å². The van der Waals surface area contributed by atoms with Crippen molar-refractivity contribution in [2.75, 3.05) is 25.9 Å². The number of H-pyrrole nitrogens is 1. The molecule has 3 rings (SSSR count). The summed E-state index contributed by atoms with van der Waals surface area (Å²) in [7, 11) is 2.06. The van der Waals surface area contributed by atoms with Gasteiger partial charge in [-0.1, -0.05) is 0 Å². The van der Waals surface area contributed by atoms with Gasteiger partial charge >= 0.3 is 0 Å². The maximum Gasteiger partial charge on any atom is 0.280 e. The van der Waals surface area contributed by atoms with Gasteiger partial charge in [0.15, 0.2) is 11.2 Å². The molecule has 1 saturated heterocycles. The van der Waals surface area contributed by atoms with Crippen LogP contribution in [0, 0.1) is 0 Å². The fraction of sp³-hybridized carbons (Fsp3) is 0.538. The number of nitrogen functional groups attached to an aromatic ring is 1. The highest BCUT2D eigenvalue weighted by Gasteiger charge is 2.21. The van der Waals surface area contributed by atoms with Crippen LogP contribution in [0.3, 0.4) is 0 Å². The minimum Gasteiger partial charge on any atom is -0.369 e. The Labute approximate surface area is 126 Å². The van der Waals surface area contributed by atoms with E-state index in [-0.39, 0.29) is 23.9 Å². The molecule has 2 aromatic heterocycles. The number of nitrogens with zero attached hydrogens (tertiary/aromatic N) is 4. The Balaban J connectivity index is 1.68. The van der Waals surface area contributed by atoms with E-state index in [1.165, 1.54) is 10.9 Å². The predicted molar refractivity (Wildman–Crippen MR) is 81.2 cm³/mol. The summed E-state index contributed by atoms with van der Waals surface area (Å²) in [5, 5.41) is 2.91. The van der Waals surface area contributed by atoms with E-state index in [0.29, 0.717) is 18.2 Å². The largest absolute Gasteiger partial charge is 0.369 e. The van der Waals surface area contributed by atoms with Gasteiger partial charge in [0.05, 0.1) is 6.33 Å². The Bertz CT molecular complexity index is 750. The van der Waals surface area contributed by atoms with Crippen LogP contribution in [-0.2, 0) is 11.3 Å². The van der Waals surface area contributed by atoms with E-state index in [2.05, 4.69) is 32.2 Å². The average Bonchev–Trinajstić information content (AvgIpc) is 3.04. The van der Waals surface area contributed by atoms with Crippen LogP contribution in [0.2, 0.25) is 0 Å². The number of aromatic amines is 1. The molecule has 9 heteroatoms. The highest BCUT2D eigenvalue weighted by Crippen LogP contribution is 2.13. The number of likely N-dealkylation sites (tertiary alicyclic amines) is 1. The van der Waals surface area contributed by atoms with Gasteiger partial charge in [-0.15, -0.1) is 0 Å². The number of nitrogens with two attached hydrogens (primary N) is 1. The summed E-state index contributed by atoms with van der Waals surface area (Å²) < 4.78 is 1.52. The molecular weight excluding hydrogens is 286 g/mol. The van der Waals surface area contributed by atoms with E-state index in [4.69, 9.17) is 5.73 Å². The van der Waals surface area contributed by atoms with Crippen LogP contribution in [0.15, 0.2) is 11.1 Å². The number of aromatic nitrogens is 4. The number of likely N-dealkylation sites (N-methyl/N-ethyl adjacent to an activating group) is 1. The lowest BCUT2D eigenvalue weighted by Crippen LogP contribution is -2.39. The number of hydrogen-bond donors (Lipinski definition) is 3. The first-order valence-corrected chi connectivity index (χ1v) is 7.22. The van der Waals surface area contributed by atoms with Gasteiger partial charge in [0, 0.05) is 12.6 Å². The number of imidazole rings is 1. The summed E-state index contributed by atoms with van der Waals surface area (Å²) in [5.41, 5.74) is 5.61. The molecule has 1 fully saturated rings. The minimum absolute atomic E-state index is 0.00670. The first-order valence-electron chi connectivity index (χ1n) is 7.22. The second-order valence-electron chi connectivity index (χ2n) is 5.58. The Morgan fingerprint density at radius 3 is 3.14 bits per heavy atom. The van der Waals surface area contributed by atoms with Gasteiger partial charge in [-0.05, 0) is 26.4 Å². The van der Waals surface area contributed by atoms with Crippen LogP contribution in [0.25, 0.3) is 11.2 Å². The Hall–Kier alpha value is -2.42. The van der Waals surface area contributed by atoms with Gasteiger partial charge in [-0.3, -0.25) is 14.6 Å². The number of rotatable bonds is 4. The smallest absolute Gasteiger partial charge is 0.280 e. The number of anilines is 1. The molecule has 4 N–H and O–H groups in total. The molecule has 0 bridgehead atoms. The molecule has 1 aliphatic heterocycles. The third-order valence-corrected chi connectivity index (χ3v) is 4.01. The normalized spacial score (nSPS) is 18.9. The third kappa shape index (κ3) is 2.80. The summed E-state index contributed by atoms with van der Waals surface area (Å²) in [5.74, 6) is -0.132. The van der Waals surface area contributed by atoms with Crippen molar-refractivity contribution in [1.29, 1.82) is 0 Å². The van der Waals surface area contributed by atoms with Crippen molar-refractivity contribution < 1.29 is 4.79 Å². The van der Waals surface area contributed by atoms with E-state index in [0.717, 1.165) is 19.4 Å². The molecule has 1 unspecified atom stereocenters. The Kier molecular flexibility index (Phi) is 3.80. The molecule has 2 aromatic rings. The monoisotopic (exact) mass is 305 g/mol. The SMILES string of the molecule is CN1CCCC1CNC(=O)Cn1cnc2c(=O)[nH]c(N)nc21. The summed E-state index contributed by atoms with van der Waals surface area (Å²) in [6, 6.07) is 0.389. The van der Waals surface area contributed by atoms with E-state index < -0.39 is 5.56 Å². The van der Waals surface area contributed by atoms with Crippen molar-refractivity contribution in [2.24, 2.45) is 0 Å². The van der Waals surface area contributed by atoms with Gasteiger partial charge in [0.2, 0.25) is 11.9 Å². The van der Waals surface area contributed by atoms with Crippen molar-refractivity contribution in [2.45, 2.75) is 25.4 Å². The molecule has 1 amide bonds. The van der Waals surface area contributed by atoms with Crippen molar-refractivity contribution >= 4 is 23.0 Å². The van der Waals surface area contributed by atoms with Crippen molar-refractivity contribution in [3.63, 3.8) is 0 Å².